The van der Waals surface area contributed by atoms with Crippen molar-refractivity contribution in [3.05, 3.63) is 72.6 Å². The molecule has 0 saturated heterocycles. The molecule has 0 saturated carbocycles. The molecular formula is C20H19N3O3. The molecule has 0 aliphatic carbocycles. The molecule has 0 atom stereocenters. The van der Waals surface area contributed by atoms with E-state index in [0.29, 0.717) is 22.7 Å². The van der Waals surface area contributed by atoms with Gasteiger partial charge in [0.2, 0.25) is 0 Å². The van der Waals surface area contributed by atoms with Crippen molar-refractivity contribution in [1.82, 2.24) is 4.98 Å². The number of anilines is 3. The largest absolute Gasteiger partial charge is 0.493 e. The number of hydrogen-bond donors (Lipinski definition) is 2. The number of nitrogens with zero attached hydrogens (tertiary/aromatic N) is 1. The smallest absolute Gasteiger partial charge is 0.257 e. The van der Waals surface area contributed by atoms with E-state index in [0.717, 1.165) is 11.4 Å². The van der Waals surface area contributed by atoms with Crippen LogP contribution in [0, 0.1) is 0 Å². The molecule has 1 aromatic heterocycles. The third-order valence-electron chi connectivity index (χ3n) is 3.74. The Morgan fingerprint density at radius 2 is 1.58 bits per heavy atom. The number of pyridine rings is 1. The molecular weight excluding hydrogens is 330 g/mol. The molecule has 1 heterocycles. The van der Waals surface area contributed by atoms with Crippen LogP contribution in [0.25, 0.3) is 0 Å². The van der Waals surface area contributed by atoms with Crippen molar-refractivity contribution in [1.29, 1.82) is 0 Å². The first-order valence-electron chi connectivity index (χ1n) is 8.00. The van der Waals surface area contributed by atoms with E-state index in [1.54, 1.807) is 32.5 Å². The van der Waals surface area contributed by atoms with Gasteiger partial charge in [-0.05, 0) is 48.5 Å². The van der Waals surface area contributed by atoms with Crippen molar-refractivity contribution < 1.29 is 14.3 Å². The number of carbonyl (C=O) groups is 1. The summed E-state index contributed by atoms with van der Waals surface area (Å²) >= 11 is 0. The van der Waals surface area contributed by atoms with Gasteiger partial charge in [0.15, 0.2) is 11.5 Å². The molecule has 132 valence electrons. The summed E-state index contributed by atoms with van der Waals surface area (Å²) in [6.45, 7) is 0. The minimum Gasteiger partial charge on any atom is -0.493 e. The van der Waals surface area contributed by atoms with Crippen molar-refractivity contribution in [3.63, 3.8) is 0 Å². The summed E-state index contributed by atoms with van der Waals surface area (Å²) in [5, 5.41) is 6.12. The summed E-state index contributed by atoms with van der Waals surface area (Å²) in [6, 6.07) is 16.5. The lowest BCUT2D eigenvalue weighted by molar-refractivity contribution is 0.102. The monoisotopic (exact) mass is 349 g/mol. The predicted octanol–water partition coefficient (Wildman–Crippen LogP) is 4.09. The molecule has 0 unspecified atom stereocenters. The fraction of sp³-hybridized carbons (Fsp3) is 0.100. The van der Waals surface area contributed by atoms with Crippen LogP contribution in [0.4, 0.5) is 17.1 Å². The van der Waals surface area contributed by atoms with Gasteiger partial charge in [0, 0.05) is 35.5 Å². The summed E-state index contributed by atoms with van der Waals surface area (Å²) in [6.07, 6.45) is 3.16. The molecule has 2 N–H and O–H groups in total. The molecule has 1 amide bonds. The highest BCUT2D eigenvalue weighted by molar-refractivity contribution is 6.04. The number of nitrogens with one attached hydrogen (secondary N) is 2. The summed E-state index contributed by atoms with van der Waals surface area (Å²) in [7, 11) is 3.20. The van der Waals surface area contributed by atoms with E-state index in [4.69, 9.17) is 9.47 Å². The number of methoxy groups -OCH3 is 2. The van der Waals surface area contributed by atoms with Crippen LogP contribution in [0.1, 0.15) is 10.4 Å². The molecule has 0 radical (unpaired) electrons. The Balaban J connectivity index is 1.67. The van der Waals surface area contributed by atoms with Gasteiger partial charge in [0.25, 0.3) is 5.91 Å². The Bertz CT molecular complexity index is 881. The lowest BCUT2D eigenvalue weighted by Gasteiger charge is -2.12. The molecule has 0 aliphatic rings. The average molecular weight is 349 g/mol. The Kier molecular flexibility index (Phi) is 5.34. The van der Waals surface area contributed by atoms with Gasteiger partial charge >= 0.3 is 0 Å². The summed E-state index contributed by atoms with van der Waals surface area (Å²) in [5.74, 6) is 1.13. The van der Waals surface area contributed by atoms with Gasteiger partial charge in [-0.25, -0.2) is 0 Å². The topological polar surface area (TPSA) is 72.5 Å². The van der Waals surface area contributed by atoms with E-state index < -0.39 is 0 Å². The zero-order chi connectivity index (χ0) is 18.4. The third-order valence-corrected chi connectivity index (χ3v) is 3.74. The molecule has 0 fully saturated rings. The Morgan fingerprint density at radius 1 is 0.885 bits per heavy atom. The maximum atomic E-state index is 12.1. The maximum Gasteiger partial charge on any atom is 0.257 e. The molecule has 3 aromatic rings. The number of ether oxygens (including phenoxy) is 2. The minimum absolute atomic E-state index is 0.196. The van der Waals surface area contributed by atoms with Crippen molar-refractivity contribution in [3.8, 4) is 11.5 Å². The van der Waals surface area contributed by atoms with E-state index in [1.807, 2.05) is 42.5 Å². The molecule has 2 aromatic carbocycles. The second kappa shape index (κ2) is 8.02. The number of amides is 1. The lowest BCUT2D eigenvalue weighted by atomic mass is 10.2. The number of aromatic nitrogens is 1. The molecule has 6 heteroatoms. The van der Waals surface area contributed by atoms with E-state index in [2.05, 4.69) is 15.6 Å². The van der Waals surface area contributed by atoms with Crippen LogP contribution in [0.5, 0.6) is 11.5 Å². The fourth-order valence-electron chi connectivity index (χ4n) is 2.42. The molecule has 3 rings (SSSR count). The zero-order valence-electron chi connectivity index (χ0n) is 14.5. The van der Waals surface area contributed by atoms with Crippen LogP contribution in [-0.2, 0) is 0 Å². The van der Waals surface area contributed by atoms with Crippen LogP contribution < -0.4 is 20.1 Å². The Labute approximate surface area is 151 Å². The van der Waals surface area contributed by atoms with Crippen LogP contribution in [0.2, 0.25) is 0 Å². The van der Waals surface area contributed by atoms with Gasteiger partial charge in [-0.15, -0.1) is 0 Å². The number of carbonyl (C=O) groups excluding carboxylic acids is 1. The number of benzene rings is 2. The van der Waals surface area contributed by atoms with Crippen molar-refractivity contribution in [2.45, 2.75) is 0 Å². The van der Waals surface area contributed by atoms with Gasteiger partial charge in [0.1, 0.15) is 0 Å². The predicted molar refractivity (Wildman–Crippen MR) is 101 cm³/mol. The van der Waals surface area contributed by atoms with E-state index in [9.17, 15) is 4.79 Å². The van der Waals surface area contributed by atoms with Gasteiger partial charge in [0.05, 0.1) is 19.8 Å². The maximum absolute atomic E-state index is 12.1. The molecule has 0 aliphatic heterocycles. The normalized spacial score (nSPS) is 10.1. The highest BCUT2D eigenvalue weighted by atomic mass is 16.5. The number of hydrogen-bond acceptors (Lipinski definition) is 5. The van der Waals surface area contributed by atoms with Crippen LogP contribution in [0.15, 0.2) is 67.0 Å². The van der Waals surface area contributed by atoms with Crippen LogP contribution in [0.3, 0.4) is 0 Å². The number of rotatable bonds is 6. The highest BCUT2D eigenvalue weighted by Crippen LogP contribution is 2.31. The third kappa shape index (κ3) is 4.10. The van der Waals surface area contributed by atoms with Gasteiger partial charge in [-0.1, -0.05) is 0 Å². The zero-order valence-corrected chi connectivity index (χ0v) is 14.5. The van der Waals surface area contributed by atoms with Gasteiger partial charge in [-0.2, -0.15) is 0 Å². The minimum atomic E-state index is -0.196. The average Bonchev–Trinajstić information content (AvgIpc) is 2.70. The first-order valence-corrected chi connectivity index (χ1v) is 8.00. The van der Waals surface area contributed by atoms with Crippen LogP contribution in [-0.4, -0.2) is 25.1 Å². The van der Waals surface area contributed by atoms with E-state index in [-0.39, 0.29) is 5.91 Å². The van der Waals surface area contributed by atoms with Crippen molar-refractivity contribution in [2.24, 2.45) is 0 Å². The molecule has 0 bridgehead atoms. The van der Waals surface area contributed by atoms with Crippen molar-refractivity contribution in [2.75, 3.05) is 24.9 Å². The standard InChI is InChI=1S/C20H19N3O3/c1-25-18-10-9-17(12-19(18)26-2)22-15-5-7-16(8-6-15)23-20(24)14-4-3-11-21-13-14/h3-13,22H,1-2H3,(H,23,24). The first-order chi connectivity index (χ1) is 12.7. The van der Waals surface area contributed by atoms with Crippen molar-refractivity contribution >= 4 is 23.0 Å². The quantitative estimate of drug-likeness (QED) is 0.701. The fourth-order valence-corrected chi connectivity index (χ4v) is 2.42. The highest BCUT2D eigenvalue weighted by Gasteiger charge is 2.07. The molecule has 6 nitrogen and oxygen atoms in total. The molecule has 26 heavy (non-hydrogen) atoms. The Hall–Kier alpha value is -3.54. The Morgan fingerprint density at radius 3 is 2.23 bits per heavy atom. The summed E-state index contributed by atoms with van der Waals surface area (Å²) < 4.78 is 10.5. The van der Waals surface area contributed by atoms with Gasteiger partial charge < -0.3 is 20.1 Å². The van der Waals surface area contributed by atoms with Crippen LogP contribution >= 0.6 is 0 Å². The van der Waals surface area contributed by atoms with E-state index in [1.165, 1.54) is 6.20 Å². The molecule has 0 spiro atoms. The van der Waals surface area contributed by atoms with E-state index >= 15 is 0 Å². The second-order valence-corrected chi connectivity index (χ2v) is 5.47. The first kappa shape index (κ1) is 17.3. The summed E-state index contributed by atoms with van der Waals surface area (Å²) in [4.78, 5) is 16.1. The second-order valence-electron chi connectivity index (χ2n) is 5.47. The lowest BCUT2D eigenvalue weighted by Crippen LogP contribution is -2.11. The summed E-state index contributed by atoms with van der Waals surface area (Å²) in [5.41, 5.74) is 2.98. The SMILES string of the molecule is COc1ccc(Nc2ccc(NC(=O)c3cccnc3)cc2)cc1OC. The van der Waals surface area contributed by atoms with Gasteiger partial charge in [-0.3, -0.25) is 9.78 Å².